The van der Waals surface area contributed by atoms with E-state index in [0.29, 0.717) is 11.6 Å². The first-order valence-electron chi connectivity index (χ1n) is 6.70. The van der Waals surface area contributed by atoms with Crippen LogP contribution < -0.4 is 4.74 Å². The highest BCUT2D eigenvalue weighted by atomic mass is 35.5. The summed E-state index contributed by atoms with van der Waals surface area (Å²) in [6.45, 7) is 2.53. The highest BCUT2D eigenvalue weighted by Crippen LogP contribution is 2.16. The van der Waals surface area contributed by atoms with Gasteiger partial charge in [0.25, 0.3) is 0 Å². The number of hydrogen-bond acceptors (Lipinski definition) is 3. The molecule has 1 heterocycles. The molecular formula is C16H19ClN2O. The molecule has 20 heavy (non-hydrogen) atoms. The Hall–Kier alpha value is -1.58. The van der Waals surface area contributed by atoms with Gasteiger partial charge in [-0.15, -0.1) is 0 Å². The molecule has 0 aliphatic rings. The van der Waals surface area contributed by atoms with Gasteiger partial charge in [-0.05, 0) is 43.3 Å². The molecule has 2 rings (SSSR count). The van der Waals surface area contributed by atoms with Gasteiger partial charge in [0.15, 0.2) is 0 Å². The van der Waals surface area contributed by atoms with Gasteiger partial charge in [0.2, 0.25) is 0 Å². The molecule has 2 aromatic rings. The molecule has 0 radical (unpaired) electrons. The Kier molecular flexibility index (Phi) is 5.84. The van der Waals surface area contributed by atoms with Gasteiger partial charge in [0.1, 0.15) is 12.4 Å². The summed E-state index contributed by atoms with van der Waals surface area (Å²) in [6.07, 6.45) is 4.71. The lowest BCUT2D eigenvalue weighted by Gasteiger charge is -2.16. The number of halogens is 1. The van der Waals surface area contributed by atoms with Crippen LogP contribution in [0.15, 0.2) is 48.8 Å². The monoisotopic (exact) mass is 290 g/mol. The van der Waals surface area contributed by atoms with E-state index in [1.165, 1.54) is 5.56 Å². The molecule has 0 atom stereocenters. The number of rotatable bonds is 7. The van der Waals surface area contributed by atoms with E-state index in [-0.39, 0.29) is 0 Å². The molecule has 106 valence electrons. The molecule has 0 aliphatic heterocycles. The molecule has 1 aromatic heterocycles. The number of likely N-dealkylation sites (N-methyl/N-ethyl adjacent to an activating group) is 1. The number of nitrogens with zero attached hydrogens (tertiary/aromatic N) is 2. The Morgan fingerprint density at radius 3 is 2.85 bits per heavy atom. The summed E-state index contributed by atoms with van der Waals surface area (Å²) >= 11 is 5.91. The van der Waals surface area contributed by atoms with Crippen LogP contribution in [0.25, 0.3) is 0 Å². The minimum absolute atomic E-state index is 0.657. The lowest BCUT2D eigenvalue weighted by atomic mass is 10.2. The van der Waals surface area contributed by atoms with E-state index in [1.807, 2.05) is 36.5 Å². The van der Waals surface area contributed by atoms with E-state index in [4.69, 9.17) is 16.3 Å². The first-order valence-corrected chi connectivity index (χ1v) is 7.07. The van der Waals surface area contributed by atoms with E-state index in [0.717, 1.165) is 25.3 Å². The second kappa shape index (κ2) is 7.88. The van der Waals surface area contributed by atoms with Crippen LogP contribution in [0.2, 0.25) is 5.02 Å². The third-order valence-corrected chi connectivity index (χ3v) is 3.28. The second-order valence-corrected chi connectivity index (χ2v) is 5.16. The Morgan fingerprint density at radius 2 is 2.10 bits per heavy atom. The quantitative estimate of drug-likeness (QED) is 0.782. The topological polar surface area (TPSA) is 25.4 Å². The van der Waals surface area contributed by atoms with Crippen molar-refractivity contribution in [3.05, 3.63) is 59.4 Å². The van der Waals surface area contributed by atoms with Crippen molar-refractivity contribution in [1.29, 1.82) is 0 Å². The van der Waals surface area contributed by atoms with Crippen molar-refractivity contribution >= 4 is 11.6 Å². The Morgan fingerprint density at radius 1 is 1.20 bits per heavy atom. The molecular weight excluding hydrogens is 272 g/mol. The summed E-state index contributed by atoms with van der Waals surface area (Å²) in [5.41, 5.74) is 1.26. The molecule has 3 nitrogen and oxygen atoms in total. The van der Waals surface area contributed by atoms with E-state index in [2.05, 4.69) is 23.0 Å². The van der Waals surface area contributed by atoms with Gasteiger partial charge < -0.3 is 9.64 Å². The SMILES string of the molecule is CN(CCOc1cccc(Cl)c1)CCc1cccnc1. The Balaban J connectivity index is 1.66. The predicted molar refractivity (Wildman–Crippen MR) is 82.4 cm³/mol. The largest absolute Gasteiger partial charge is 0.492 e. The van der Waals surface area contributed by atoms with Gasteiger partial charge >= 0.3 is 0 Å². The fourth-order valence-corrected chi connectivity index (χ4v) is 2.03. The van der Waals surface area contributed by atoms with Crippen molar-refractivity contribution in [2.24, 2.45) is 0 Å². The Bertz CT molecular complexity index is 519. The fraction of sp³-hybridized carbons (Fsp3) is 0.312. The fourth-order valence-electron chi connectivity index (χ4n) is 1.85. The van der Waals surface area contributed by atoms with Crippen molar-refractivity contribution in [2.75, 3.05) is 26.7 Å². The second-order valence-electron chi connectivity index (χ2n) is 4.72. The van der Waals surface area contributed by atoms with E-state index in [1.54, 1.807) is 6.20 Å². The summed E-state index contributed by atoms with van der Waals surface area (Å²) in [4.78, 5) is 6.36. The van der Waals surface area contributed by atoms with Gasteiger partial charge in [-0.1, -0.05) is 23.7 Å². The van der Waals surface area contributed by atoms with Gasteiger partial charge in [-0.3, -0.25) is 4.98 Å². The lowest BCUT2D eigenvalue weighted by Crippen LogP contribution is -2.26. The minimum atomic E-state index is 0.657. The van der Waals surface area contributed by atoms with Crippen molar-refractivity contribution < 1.29 is 4.74 Å². The average Bonchev–Trinajstić information content (AvgIpc) is 2.46. The zero-order chi connectivity index (χ0) is 14.2. The molecule has 0 amide bonds. The summed E-state index contributed by atoms with van der Waals surface area (Å²) in [6, 6.07) is 11.6. The van der Waals surface area contributed by atoms with Crippen molar-refractivity contribution in [3.63, 3.8) is 0 Å². The van der Waals surface area contributed by atoms with Crippen LogP contribution in [0.1, 0.15) is 5.56 Å². The maximum Gasteiger partial charge on any atom is 0.120 e. The summed E-state index contributed by atoms with van der Waals surface area (Å²) in [5.74, 6) is 0.818. The standard InChI is InChI=1S/C16H19ClN2O/c1-19(9-7-14-4-3-8-18-13-14)10-11-20-16-6-2-5-15(17)12-16/h2-6,8,12-13H,7,9-11H2,1H3. The smallest absolute Gasteiger partial charge is 0.120 e. The van der Waals surface area contributed by atoms with Crippen LogP contribution in [-0.4, -0.2) is 36.6 Å². The summed E-state index contributed by atoms with van der Waals surface area (Å²) in [7, 11) is 2.09. The molecule has 0 bridgehead atoms. The average molecular weight is 291 g/mol. The molecule has 0 spiro atoms. The number of benzene rings is 1. The zero-order valence-electron chi connectivity index (χ0n) is 11.6. The third-order valence-electron chi connectivity index (χ3n) is 3.04. The van der Waals surface area contributed by atoms with Gasteiger partial charge in [0.05, 0.1) is 0 Å². The maximum absolute atomic E-state index is 5.91. The lowest BCUT2D eigenvalue weighted by molar-refractivity contribution is 0.239. The van der Waals surface area contributed by atoms with Crippen molar-refractivity contribution in [1.82, 2.24) is 9.88 Å². The molecule has 0 saturated heterocycles. The molecule has 4 heteroatoms. The van der Waals surface area contributed by atoms with Crippen LogP contribution in [0.5, 0.6) is 5.75 Å². The normalized spacial score (nSPS) is 10.8. The Labute approximate surface area is 125 Å². The zero-order valence-corrected chi connectivity index (χ0v) is 12.4. The minimum Gasteiger partial charge on any atom is -0.492 e. The first-order chi connectivity index (χ1) is 9.74. The third kappa shape index (κ3) is 5.19. The van der Waals surface area contributed by atoms with E-state index < -0.39 is 0 Å². The number of ether oxygens (including phenoxy) is 1. The van der Waals surface area contributed by atoms with E-state index >= 15 is 0 Å². The number of aromatic nitrogens is 1. The van der Waals surface area contributed by atoms with Crippen LogP contribution >= 0.6 is 11.6 Å². The predicted octanol–water partition coefficient (Wildman–Crippen LogP) is 3.29. The van der Waals surface area contributed by atoms with Crippen LogP contribution in [0, 0.1) is 0 Å². The van der Waals surface area contributed by atoms with Crippen LogP contribution in [-0.2, 0) is 6.42 Å². The maximum atomic E-state index is 5.91. The molecule has 0 N–H and O–H groups in total. The van der Waals surface area contributed by atoms with Gasteiger partial charge in [-0.2, -0.15) is 0 Å². The first kappa shape index (κ1) is 14.8. The highest BCUT2D eigenvalue weighted by molar-refractivity contribution is 6.30. The van der Waals surface area contributed by atoms with Crippen LogP contribution in [0.4, 0.5) is 0 Å². The summed E-state index contributed by atoms with van der Waals surface area (Å²) < 4.78 is 5.67. The molecule has 0 unspecified atom stereocenters. The molecule has 1 aromatic carbocycles. The van der Waals surface area contributed by atoms with Crippen LogP contribution in [0.3, 0.4) is 0 Å². The van der Waals surface area contributed by atoms with Gasteiger partial charge in [-0.25, -0.2) is 0 Å². The molecule has 0 fully saturated rings. The highest BCUT2D eigenvalue weighted by Gasteiger charge is 2.01. The summed E-state index contributed by atoms with van der Waals surface area (Å²) in [5, 5.41) is 0.701. The van der Waals surface area contributed by atoms with Crippen molar-refractivity contribution in [2.45, 2.75) is 6.42 Å². The molecule has 0 aliphatic carbocycles. The van der Waals surface area contributed by atoms with Gasteiger partial charge in [0, 0.05) is 30.5 Å². The van der Waals surface area contributed by atoms with E-state index in [9.17, 15) is 0 Å². The number of hydrogen-bond donors (Lipinski definition) is 0. The number of pyridine rings is 1. The molecule has 0 saturated carbocycles. The van der Waals surface area contributed by atoms with Crippen molar-refractivity contribution in [3.8, 4) is 5.75 Å².